The fraction of sp³-hybridized carbons (Fsp3) is 0.529. The minimum absolute atomic E-state index is 0.0238. The maximum absolute atomic E-state index is 12.3. The number of hydrogen-bond acceptors (Lipinski definition) is 6. The summed E-state index contributed by atoms with van der Waals surface area (Å²) >= 11 is 1.39. The van der Waals surface area contributed by atoms with Crippen molar-refractivity contribution in [1.82, 2.24) is 15.5 Å². The molecule has 0 bridgehead atoms. The Morgan fingerprint density at radius 3 is 2.62 bits per heavy atom. The van der Waals surface area contributed by atoms with E-state index in [9.17, 15) is 19.2 Å². The summed E-state index contributed by atoms with van der Waals surface area (Å²) in [5, 5.41) is 6.44. The van der Waals surface area contributed by atoms with Gasteiger partial charge in [0.1, 0.15) is 0 Å². The average Bonchev–Trinajstić information content (AvgIpc) is 3.18. The second-order valence-electron chi connectivity index (χ2n) is 5.96. The Morgan fingerprint density at radius 1 is 1.27 bits per heavy atom. The Hall–Kier alpha value is -2.42. The van der Waals surface area contributed by atoms with E-state index < -0.39 is 24.5 Å². The Labute approximate surface area is 155 Å². The largest absolute Gasteiger partial charge is 0.455 e. The predicted octanol–water partition coefficient (Wildman–Crippen LogP) is 1.38. The van der Waals surface area contributed by atoms with E-state index in [4.69, 9.17) is 4.74 Å². The molecule has 2 rings (SSSR count). The number of thiophene rings is 1. The lowest BCUT2D eigenvalue weighted by molar-refractivity contribution is -0.153. The van der Waals surface area contributed by atoms with Crippen LogP contribution in [0.1, 0.15) is 35.9 Å². The third-order valence-electron chi connectivity index (χ3n) is 3.98. The number of piperidine rings is 1. The number of amides is 4. The predicted molar refractivity (Wildman–Crippen MR) is 95.7 cm³/mol. The van der Waals surface area contributed by atoms with Crippen LogP contribution in [0.4, 0.5) is 4.79 Å². The lowest BCUT2D eigenvalue weighted by atomic mass is 9.97. The summed E-state index contributed by atoms with van der Waals surface area (Å²) < 4.78 is 4.98. The normalized spacial score (nSPS) is 14.6. The van der Waals surface area contributed by atoms with Crippen molar-refractivity contribution in [3.63, 3.8) is 0 Å². The Balaban J connectivity index is 1.69. The van der Waals surface area contributed by atoms with Crippen LogP contribution in [0.3, 0.4) is 0 Å². The zero-order valence-electron chi connectivity index (χ0n) is 14.7. The standard InChI is InChI=1S/C17H23N3O5S/c1-2-7-18-17(24)19-14(21)11-25-16(23)12-5-8-20(9-6-12)15(22)13-4-3-10-26-13/h3-4,10,12H,2,5-9,11H2,1H3,(H2,18,19,21,24). The lowest BCUT2D eigenvalue weighted by Crippen LogP contribution is -2.43. The summed E-state index contributed by atoms with van der Waals surface area (Å²) in [5.74, 6) is -1.51. The molecular formula is C17H23N3O5S. The van der Waals surface area contributed by atoms with Crippen molar-refractivity contribution in [3.05, 3.63) is 22.4 Å². The molecule has 0 aromatic carbocycles. The Bertz CT molecular complexity index is 639. The molecule has 1 aromatic rings. The average molecular weight is 381 g/mol. The summed E-state index contributed by atoms with van der Waals surface area (Å²) in [5.41, 5.74) is 0. The van der Waals surface area contributed by atoms with E-state index in [-0.39, 0.29) is 11.8 Å². The van der Waals surface area contributed by atoms with Gasteiger partial charge in [0.15, 0.2) is 6.61 Å². The molecule has 4 amide bonds. The number of rotatable bonds is 6. The van der Waals surface area contributed by atoms with Gasteiger partial charge in [-0.15, -0.1) is 11.3 Å². The molecule has 8 nitrogen and oxygen atoms in total. The number of nitrogens with one attached hydrogen (secondary N) is 2. The van der Waals surface area contributed by atoms with Crippen molar-refractivity contribution in [2.45, 2.75) is 26.2 Å². The second-order valence-corrected chi connectivity index (χ2v) is 6.90. The Kier molecular flexibility index (Phi) is 7.58. The van der Waals surface area contributed by atoms with Crippen molar-refractivity contribution in [1.29, 1.82) is 0 Å². The van der Waals surface area contributed by atoms with Gasteiger partial charge in [-0.3, -0.25) is 19.7 Å². The quantitative estimate of drug-likeness (QED) is 0.725. The zero-order chi connectivity index (χ0) is 18.9. The van der Waals surface area contributed by atoms with Crippen molar-refractivity contribution in [2.75, 3.05) is 26.2 Å². The number of carbonyl (C=O) groups excluding carboxylic acids is 4. The molecular weight excluding hydrogens is 358 g/mol. The van der Waals surface area contributed by atoms with Gasteiger partial charge in [-0.05, 0) is 30.7 Å². The van der Waals surface area contributed by atoms with E-state index in [1.54, 1.807) is 11.0 Å². The minimum atomic E-state index is -0.669. The molecule has 2 heterocycles. The van der Waals surface area contributed by atoms with Crippen LogP contribution in [0.15, 0.2) is 17.5 Å². The molecule has 0 aliphatic carbocycles. The lowest BCUT2D eigenvalue weighted by Gasteiger charge is -2.30. The van der Waals surface area contributed by atoms with Crippen LogP contribution in [0.25, 0.3) is 0 Å². The van der Waals surface area contributed by atoms with Crippen LogP contribution in [0.2, 0.25) is 0 Å². The van der Waals surface area contributed by atoms with Crippen LogP contribution < -0.4 is 10.6 Å². The van der Waals surface area contributed by atoms with Gasteiger partial charge in [-0.25, -0.2) is 4.79 Å². The van der Waals surface area contributed by atoms with Crippen molar-refractivity contribution in [2.24, 2.45) is 5.92 Å². The molecule has 0 unspecified atom stereocenters. The number of hydrogen-bond donors (Lipinski definition) is 2. The highest BCUT2D eigenvalue weighted by Gasteiger charge is 2.29. The van der Waals surface area contributed by atoms with Crippen LogP contribution >= 0.6 is 11.3 Å². The SMILES string of the molecule is CCCNC(=O)NC(=O)COC(=O)C1CCN(C(=O)c2cccs2)CC1. The third-order valence-corrected chi connectivity index (χ3v) is 4.84. The molecule has 26 heavy (non-hydrogen) atoms. The van der Waals surface area contributed by atoms with Crippen LogP contribution in [-0.2, 0) is 14.3 Å². The van der Waals surface area contributed by atoms with Crippen molar-refractivity contribution >= 4 is 35.2 Å². The molecule has 1 aliphatic heterocycles. The number of likely N-dealkylation sites (tertiary alicyclic amines) is 1. The van der Waals surface area contributed by atoms with E-state index >= 15 is 0 Å². The molecule has 142 valence electrons. The maximum atomic E-state index is 12.3. The van der Waals surface area contributed by atoms with E-state index in [0.717, 1.165) is 6.42 Å². The first-order valence-corrected chi connectivity index (χ1v) is 9.46. The highest BCUT2D eigenvalue weighted by Crippen LogP contribution is 2.21. The Morgan fingerprint density at radius 2 is 2.00 bits per heavy atom. The second kappa shape index (κ2) is 9.91. The smallest absolute Gasteiger partial charge is 0.321 e. The molecule has 0 radical (unpaired) electrons. The molecule has 1 saturated heterocycles. The van der Waals surface area contributed by atoms with Crippen LogP contribution in [-0.4, -0.2) is 55.0 Å². The molecule has 1 aliphatic rings. The van der Waals surface area contributed by atoms with Gasteiger partial charge >= 0.3 is 12.0 Å². The highest BCUT2D eigenvalue weighted by molar-refractivity contribution is 7.12. The number of urea groups is 1. The number of ether oxygens (including phenoxy) is 1. The first kappa shape index (κ1) is 19.9. The van der Waals surface area contributed by atoms with Gasteiger partial charge in [-0.2, -0.15) is 0 Å². The molecule has 9 heteroatoms. The molecule has 2 N–H and O–H groups in total. The molecule has 0 spiro atoms. The van der Waals surface area contributed by atoms with E-state index in [0.29, 0.717) is 37.4 Å². The van der Waals surface area contributed by atoms with Crippen LogP contribution in [0, 0.1) is 5.92 Å². The van der Waals surface area contributed by atoms with Crippen LogP contribution in [0.5, 0.6) is 0 Å². The fourth-order valence-corrected chi connectivity index (χ4v) is 3.27. The van der Waals surface area contributed by atoms with Gasteiger partial charge < -0.3 is 15.0 Å². The molecule has 1 fully saturated rings. The van der Waals surface area contributed by atoms with Gasteiger partial charge in [0.05, 0.1) is 10.8 Å². The summed E-state index contributed by atoms with van der Waals surface area (Å²) in [4.78, 5) is 49.6. The third kappa shape index (κ3) is 5.83. The number of nitrogens with zero attached hydrogens (tertiary/aromatic N) is 1. The van der Waals surface area contributed by atoms with Gasteiger partial charge in [0.2, 0.25) is 0 Å². The van der Waals surface area contributed by atoms with E-state index in [1.807, 2.05) is 18.4 Å². The van der Waals surface area contributed by atoms with E-state index in [2.05, 4.69) is 10.6 Å². The summed E-state index contributed by atoms with van der Waals surface area (Å²) in [6.07, 6.45) is 1.74. The maximum Gasteiger partial charge on any atom is 0.321 e. The number of esters is 1. The van der Waals surface area contributed by atoms with E-state index in [1.165, 1.54) is 11.3 Å². The van der Waals surface area contributed by atoms with Crippen molar-refractivity contribution in [3.8, 4) is 0 Å². The van der Waals surface area contributed by atoms with Crippen molar-refractivity contribution < 1.29 is 23.9 Å². The summed E-state index contributed by atoms with van der Waals surface area (Å²) in [6, 6.07) is 3.01. The zero-order valence-corrected chi connectivity index (χ0v) is 15.5. The first-order valence-electron chi connectivity index (χ1n) is 8.58. The molecule has 1 aromatic heterocycles. The first-order chi connectivity index (χ1) is 12.5. The number of imide groups is 1. The highest BCUT2D eigenvalue weighted by atomic mass is 32.1. The molecule has 0 saturated carbocycles. The monoisotopic (exact) mass is 381 g/mol. The van der Waals surface area contributed by atoms with Gasteiger partial charge in [0, 0.05) is 19.6 Å². The summed E-state index contributed by atoms with van der Waals surface area (Å²) in [7, 11) is 0. The topological polar surface area (TPSA) is 105 Å². The van der Waals surface area contributed by atoms with Gasteiger partial charge in [-0.1, -0.05) is 13.0 Å². The molecule has 0 atom stereocenters. The fourth-order valence-electron chi connectivity index (χ4n) is 2.57. The number of carbonyl (C=O) groups is 4. The van der Waals surface area contributed by atoms with Gasteiger partial charge in [0.25, 0.3) is 11.8 Å². The summed E-state index contributed by atoms with van der Waals surface area (Å²) in [6.45, 7) is 2.81. The minimum Gasteiger partial charge on any atom is -0.455 e.